The highest BCUT2D eigenvalue weighted by Gasteiger charge is 2.38. The van der Waals surface area contributed by atoms with Crippen molar-refractivity contribution >= 4 is 17.4 Å². The summed E-state index contributed by atoms with van der Waals surface area (Å²) in [5, 5.41) is 5.19. The highest BCUT2D eigenvalue weighted by Crippen LogP contribution is 2.40. The van der Waals surface area contributed by atoms with E-state index in [1.807, 2.05) is 38.3 Å². The number of anilines is 1. The lowest BCUT2D eigenvalue weighted by Gasteiger charge is -2.41. The molecule has 0 spiro atoms. The molecular weight excluding hydrogens is 616 g/mol. The predicted molar refractivity (Wildman–Crippen MR) is 193 cm³/mol. The van der Waals surface area contributed by atoms with Crippen molar-refractivity contribution in [2.75, 3.05) is 31.7 Å². The van der Waals surface area contributed by atoms with Crippen molar-refractivity contribution in [1.82, 2.24) is 14.6 Å². The lowest BCUT2D eigenvalue weighted by Crippen LogP contribution is -2.45. The number of aryl methyl sites for hydroxylation is 2. The minimum atomic E-state index is -0.986. The molecule has 0 radical (unpaired) electrons. The fourth-order valence-corrected chi connectivity index (χ4v) is 6.73. The van der Waals surface area contributed by atoms with E-state index >= 15 is 0 Å². The summed E-state index contributed by atoms with van der Waals surface area (Å²) in [6.07, 6.45) is 6.57. The van der Waals surface area contributed by atoms with E-state index in [-0.39, 0.29) is 11.7 Å². The van der Waals surface area contributed by atoms with E-state index in [1.165, 1.54) is 12.7 Å². The molecule has 2 atom stereocenters. The van der Waals surface area contributed by atoms with Crippen molar-refractivity contribution in [3.8, 4) is 28.1 Å². The van der Waals surface area contributed by atoms with Gasteiger partial charge in [-0.1, -0.05) is 43.3 Å². The highest BCUT2D eigenvalue weighted by molar-refractivity contribution is 5.81. The molecule has 2 aromatic carbocycles. The van der Waals surface area contributed by atoms with Gasteiger partial charge in [-0.2, -0.15) is 9.61 Å². The maximum atomic E-state index is 13.4. The topological polar surface area (TPSA) is 87.4 Å². The van der Waals surface area contributed by atoms with Crippen LogP contribution < -0.4 is 9.64 Å². The summed E-state index contributed by atoms with van der Waals surface area (Å²) in [5.41, 5.74) is 6.24. The number of ether oxygens (including phenoxy) is 4. The first-order valence-corrected chi connectivity index (χ1v) is 17.5. The van der Waals surface area contributed by atoms with Gasteiger partial charge in [0.15, 0.2) is 11.8 Å². The van der Waals surface area contributed by atoms with Crippen LogP contribution in [0.5, 0.6) is 5.75 Å². The molecule has 0 saturated carbocycles. The molecule has 9 heteroatoms. The van der Waals surface area contributed by atoms with Crippen LogP contribution in [-0.2, 0) is 25.4 Å². The minimum absolute atomic E-state index is 0.00784. The van der Waals surface area contributed by atoms with Gasteiger partial charge in [0.05, 0.1) is 42.3 Å². The van der Waals surface area contributed by atoms with Gasteiger partial charge in [0.25, 0.3) is 0 Å². The van der Waals surface area contributed by atoms with Crippen LogP contribution in [-0.4, -0.2) is 64.7 Å². The SMILES string of the molecule is CCc1ccc2c(c1)-c1cccc(c1)-c1cc3nc(C)c([C@H](OC(C)(C)C)C(=O)OC)c(n3n1)N1CCC(C)(CC1)OCC=CC[C@H](C)O2. The number of rotatable bonds is 4. The molecule has 0 aliphatic carbocycles. The number of hydrogen-bond donors (Lipinski definition) is 0. The fourth-order valence-electron chi connectivity index (χ4n) is 6.73. The van der Waals surface area contributed by atoms with Crippen LogP contribution in [0.4, 0.5) is 5.82 Å². The predicted octanol–water partition coefficient (Wildman–Crippen LogP) is 8.07. The second kappa shape index (κ2) is 14.0. The smallest absolute Gasteiger partial charge is 0.339 e. The van der Waals surface area contributed by atoms with Gasteiger partial charge in [-0.15, -0.1) is 0 Å². The Balaban J connectivity index is 1.55. The van der Waals surface area contributed by atoms with E-state index in [0.29, 0.717) is 36.6 Å². The fraction of sp³-hybridized carbons (Fsp3) is 0.475. The van der Waals surface area contributed by atoms with E-state index in [2.05, 4.69) is 80.3 Å². The summed E-state index contributed by atoms with van der Waals surface area (Å²) in [7, 11) is 1.39. The Bertz CT molecular complexity index is 1850. The van der Waals surface area contributed by atoms with Crippen molar-refractivity contribution in [1.29, 1.82) is 0 Å². The van der Waals surface area contributed by atoms with Crippen molar-refractivity contribution in [3.05, 3.63) is 77.5 Å². The van der Waals surface area contributed by atoms with Crippen molar-refractivity contribution in [2.24, 2.45) is 0 Å². The summed E-state index contributed by atoms with van der Waals surface area (Å²) in [6, 6.07) is 16.9. The number of aromatic nitrogens is 3. The van der Waals surface area contributed by atoms with Crippen LogP contribution in [0.15, 0.2) is 60.7 Å². The molecule has 2 aromatic heterocycles. The molecule has 3 aliphatic rings. The van der Waals surface area contributed by atoms with Crippen molar-refractivity contribution < 1.29 is 23.7 Å². The van der Waals surface area contributed by atoms with Crippen molar-refractivity contribution in [2.45, 2.75) is 97.6 Å². The number of piperidine rings is 1. The second-order valence-corrected chi connectivity index (χ2v) is 14.5. The average Bonchev–Trinajstić information content (AvgIpc) is 3.50. The Hall–Kier alpha value is -4.21. The highest BCUT2D eigenvalue weighted by atomic mass is 16.6. The Labute approximate surface area is 290 Å². The molecule has 0 amide bonds. The summed E-state index contributed by atoms with van der Waals surface area (Å²) in [6.45, 7) is 16.2. The molecule has 9 nitrogen and oxygen atoms in total. The number of hydrogen-bond acceptors (Lipinski definition) is 8. The van der Waals surface area contributed by atoms with E-state index in [1.54, 1.807) is 0 Å². The van der Waals surface area contributed by atoms with Crippen LogP contribution in [0.2, 0.25) is 0 Å². The normalized spacial score (nSPS) is 20.6. The zero-order chi connectivity index (χ0) is 34.9. The first-order valence-electron chi connectivity index (χ1n) is 17.5. The third kappa shape index (κ3) is 7.53. The molecule has 7 rings (SSSR count). The van der Waals surface area contributed by atoms with Crippen LogP contribution in [0, 0.1) is 6.92 Å². The molecule has 0 N–H and O–H groups in total. The number of fused-ring (bicyclic) bond motifs is 7. The van der Waals surface area contributed by atoms with Gasteiger partial charge in [0.2, 0.25) is 0 Å². The third-order valence-corrected chi connectivity index (χ3v) is 9.49. The van der Waals surface area contributed by atoms with E-state index in [9.17, 15) is 4.79 Å². The third-order valence-electron chi connectivity index (χ3n) is 9.49. The molecule has 0 unspecified atom stereocenters. The molecule has 1 fully saturated rings. The standard InChI is InChI=1S/C40H50N4O5/c1-9-28-16-17-33-31(23-28)29-14-12-15-30(24-29)32-25-34-41-27(3)35(36(38(45)46-8)49-39(4,5)6)37(44(34)42-32)43-20-18-40(7,19-21-43)47-22-11-10-13-26(2)48-33/h10-12,14-17,23-26,36H,9,13,18-22H2,1-8H3/t26-,36-/m0/s1. The van der Waals surface area contributed by atoms with Gasteiger partial charge in [-0.05, 0) is 90.1 Å². The second-order valence-electron chi connectivity index (χ2n) is 14.5. The molecule has 6 bridgehead atoms. The molecule has 5 heterocycles. The van der Waals surface area contributed by atoms with Gasteiger partial charge in [-0.3, -0.25) is 0 Å². The molecule has 3 aliphatic heterocycles. The summed E-state index contributed by atoms with van der Waals surface area (Å²) in [5.74, 6) is 1.17. The quantitative estimate of drug-likeness (QED) is 0.160. The van der Waals surface area contributed by atoms with Gasteiger partial charge < -0.3 is 23.8 Å². The molecule has 1 saturated heterocycles. The van der Waals surface area contributed by atoms with E-state index in [0.717, 1.165) is 59.6 Å². The largest absolute Gasteiger partial charge is 0.490 e. The maximum absolute atomic E-state index is 13.4. The molecule has 4 aromatic rings. The minimum Gasteiger partial charge on any atom is -0.490 e. The van der Waals surface area contributed by atoms with Crippen LogP contribution >= 0.6 is 0 Å². The number of methoxy groups -OCH3 is 1. The lowest BCUT2D eigenvalue weighted by atomic mass is 9.92. The maximum Gasteiger partial charge on any atom is 0.339 e. The number of carbonyl (C=O) groups is 1. The van der Waals surface area contributed by atoms with Gasteiger partial charge in [-0.25, -0.2) is 9.78 Å². The Morgan fingerprint density at radius 2 is 1.84 bits per heavy atom. The average molecular weight is 667 g/mol. The lowest BCUT2D eigenvalue weighted by molar-refractivity contribution is -0.164. The molecule has 49 heavy (non-hydrogen) atoms. The number of benzene rings is 2. The first kappa shape index (κ1) is 34.6. The summed E-state index contributed by atoms with van der Waals surface area (Å²) < 4.78 is 26.6. The monoisotopic (exact) mass is 666 g/mol. The first-order chi connectivity index (χ1) is 23.4. The summed E-state index contributed by atoms with van der Waals surface area (Å²) >= 11 is 0. The Kier molecular flexibility index (Phi) is 9.87. The number of esters is 1. The van der Waals surface area contributed by atoms with Gasteiger partial charge in [0, 0.05) is 42.4 Å². The zero-order valence-corrected chi connectivity index (χ0v) is 30.2. The van der Waals surface area contributed by atoms with Crippen molar-refractivity contribution in [3.63, 3.8) is 0 Å². The van der Waals surface area contributed by atoms with E-state index < -0.39 is 17.7 Å². The molecule has 260 valence electrons. The van der Waals surface area contributed by atoms with E-state index in [4.69, 9.17) is 29.0 Å². The molecular formula is C40H50N4O5. The van der Waals surface area contributed by atoms with Crippen LogP contribution in [0.3, 0.4) is 0 Å². The van der Waals surface area contributed by atoms with Crippen LogP contribution in [0.25, 0.3) is 28.0 Å². The van der Waals surface area contributed by atoms with Gasteiger partial charge in [0.1, 0.15) is 11.6 Å². The Morgan fingerprint density at radius 1 is 1.08 bits per heavy atom. The Morgan fingerprint density at radius 3 is 2.55 bits per heavy atom. The zero-order valence-electron chi connectivity index (χ0n) is 30.2. The summed E-state index contributed by atoms with van der Waals surface area (Å²) in [4.78, 5) is 20.7. The van der Waals surface area contributed by atoms with Gasteiger partial charge >= 0.3 is 5.97 Å². The number of carbonyl (C=O) groups excluding carboxylic acids is 1. The van der Waals surface area contributed by atoms with Crippen LogP contribution in [0.1, 0.15) is 83.7 Å². The number of nitrogens with zero attached hydrogens (tertiary/aromatic N) is 4.